The maximum atomic E-state index is 12.8. The van der Waals surface area contributed by atoms with E-state index in [2.05, 4.69) is 0 Å². The van der Waals surface area contributed by atoms with Crippen LogP contribution in [0.2, 0.25) is 0 Å². The van der Waals surface area contributed by atoms with Crippen LogP contribution in [0.5, 0.6) is 0 Å². The Balaban J connectivity index is 2.83. The summed E-state index contributed by atoms with van der Waals surface area (Å²) in [7, 11) is -3.42. The highest BCUT2D eigenvalue weighted by Gasteiger charge is 2.41. The monoisotopic (exact) mass is 291 g/mol. The van der Waals surface area contributed by atoms with Gasteiger partial charge in [0.15, 0.2) is 0 Å². The van der Waals surface area contributed by atoms with Crippen molar-refractivity contribution >= 4 is 13.5 Å². The van der Waals surface area contributed by atoms with Crippen LogP contribution in [0.1, 0.15) is 47.5 Å². The third-order valence-electron chi connectivity index (χ3n) is 2.96. The molecule has 0 N–H and O–H groups in total. The van der Waals surface area contributed by atoms with Crippen LogP contribution in [0.3, 0.4) is 0 Å². The van der Waals surface area contributed by atoms with Crippen molar-refractivity contribution in [2.45, 2.75) is 65.3 Å². The highest BCUT2D eigenvalue weighted by molar-refractivity contribution is 7.55. The van der Waals surface area contributed by atoms with Crippen molar-refractivity contribution in [2.24, 2.45) is 0 Å². The van der Waals surface area contributed by atoms with Gasteiger partial charge in [-0.25, -0.2) is 0 Å². The van der Waals surface area contributed by atoms with Gasteiger partial charge in [0.25, 0.3) is 0 Å². The number of rotatable bonds is 6. The molecule has 0 radical (unpaired) electrons. The first-order valence-electron chi connectivity index (χ1n) is 7.01. The summed E-state index contributed by atoms with van der Waals surface area (Å²) in [5.74, 6) is -0.123. The van der Waals surface area contributed by atoms with Crippen molar-refractivity contribution in [3.63, 3.8) is 0 Å². The number of amides is 1. The summed E-state index contributed by atoms with van der Waals surface area (Å²) in [6.07, 6.45) is 1.55. The average molecular weight is 291 g/mol. The van der Waals surface area contributed by atoms with E-state index in [1.807, 2.05) is 0 Å². The molecule has 1 amide bonds. The molecule has 1 saturated heterocycles. The van der Waals surface area contributed by atoms with Gasteiger partial charge >= 0.3 is 7.60 Å². The van der Waals surface area contributed by atoms with E-state index in [-0.39, 0.29) is 18.1 Å². The summed E-state index contributed by atoms with van der Waals surface area (Å²) >= 11 is 0. The molecule has 1 rings (SSSR count). The molecule has 19 heavy (non-hydrogen) atoms. The molecular weight excluding hydrogens is 265 g/mol. The molecule has 0 aromatic carbocycles. The summed E-state index contributed by atoms with van der Waals surface area (Å²) in [6, 6.07) is 0. The topological polar surface area (TPSA) is 55.8 Å². The van der Waals surface area contributed by atoms with E-state index in [1.165, 1.54) is 0 Å². The van der Waals surface area contributed by atoms with Crippen molar-refractivity contribution < 1.29 is 18.4 Å². The van der Waals surface area contributed by atoms with E-state index in [0.29, 0.717) is 0 Å². The Morgan fingerprint density at radius 2 is 1.42 bits per heavy atom. The number of hydrogen-bond donors (Lipinski definition) is 0. The first-order chi connectivity index (χ1) is 8.76. The number of nitrogens with zero attached hydrogens (tertiary/aromatic N) is 1. The largest absolute Gasteiger partial charge is 0.343 e. The molecule has 0 saturated carbocycles. The van der Waals surface area contributed by atoms with Gasteiger partial charge in [0.1, 0.15) is 5.66 Å². The van der Waals surface area contributed by atoms with Gasteiger partial charge < -0.3 is 13.9 Å². The Hall–Kier alpha value is -0.380. The highest BCUT2D eigenvalue weighted by Crippen LogP contribution is 2.55. The molecule has 0 spiro atoms. The van der Waals surface area contributed by atoms with Gasteiger partial charge in [-0.15, -0.1) is 0 Å². The molecule has 1 aliphatic rings. The Bertz CT molecular complexity index is 337. The molecule has 1 unspecified atom stereocenters. The maximum absolute atomic E-state index is 12.8. The van der Waals surface area contributed by atoms with Crippen LogP contribution in [0.15, 0.2) is 0 Å². The van der Waals surface area contributed by atoms with Crippen LogP contribution in [-0.2, 0) is 18.4 Å². The van der Waals surface area contributed by atoms with E-state index in [4.69, 9.17) is 9.05 Å². The number of carbonyl (C=O) groups is 1. The third-order valence-corrected chi connectivity index (χ3v) is 5.57. The predicted molar refractivity (Wildman–Crippen MR) is 75.3 cm³/mol. The van der Waals surface area contributed by atoms with Gasteiger partial charge in [-0.3, -0.25) is 9.36 Å². The lowest BCUT2D eigenvalue weighted by molar-refractivity contribution is -0.129. The van der Waals surface area contributed by atoms with E-state index < -0.39 is 13.3 Å². The van der Waals surface area contributed by atoms with Crippen molar-refractivity contribution in [3.8, 4) is 0 Å². The van der Waals surface area contributed by atoms with Gasteiger partial charge in [0.05, 0.1) is 12.2 Å². The maximum Gasteiger partial charge on any atom is 0.343 e. The first kappa shape index (κ1) is 16.7. The summed E-state index contributed by atoms with van der Waals surface area (Å²) in [5.41, 5.74) is -0.740. The molecule has 112 valence electrons. The fourth-order valence-corrected chi connectivity index (χ4v) is 4.16. The average Bonchev–Trinajstić information content (AvgIpc) is 2.77. The molecule has 0 bridgehead atoms. The highest BCUT2D eigenvalue weighted by atomic mass is 31.2. The van der Waals surface area contributed by atoms with E-state index in [0.717, 1.165) is 25.9 Å². The predicted octanol–water partition coefficient (Wildman–Crippen LogP) is 3.04. The first-order valence-corrected chi connectivity index (χ1v) is 8.62. The van der Waals surface area contributed by atoms with Crippen LogP contribution < -0.4 is 0 Å². The molecule has 1 fully saturated rings. The van der Waals surface area contributed by atoms with E-state index >= 15 is 0 Å². The van der Waals surface area contributed by atoms with E-state index in [9.17, 15) is 9.36 Å². The Kier molecular flexibility index (Phi) is 6.03. The normalized spacial score (nSPS) is 18.4. The minimum atomic E-state index is -3.42. The molecule has 0 aromatic rings. The molecule has 1 aliphatic heterocycles. The summed E-state index contributed by atoms with van der Waals surface area (Å²) in [6.45, 7) is 10.3. The SMILES string of the molecule is CC(C)OP(=O)(OC(C)C)C(C)C(=O)N1CCCC1. The number of likely N-dealkylation sites (tertiary alicyclic amines) is 1. The lowest BCUT2D eigenvalue weighted by atomic mass is 10.4. The van der Waals surface area contributed by atoms with Gasteiger partial charge in [-0.05, 0) is 47.5 Å². The van der Waals surface area contributed by atoms with Crippen LogP contribution in [0, 0.1) is 0 Å². The van der Waals surface area contributed by atoms with Gasteiger partial charge in [-0.1, -0.05) is 0 Å². The molecular formula is C13H26NO4P. The standard InChI is InChI=1S/C13H26NO4P/c1-10(2)17-19(16,18-11(3)4)12(5)13(15)14-8-6-7-9-14/h10-12H,6-9H2,1-5H3. The van der Waals surface area contributed by atoms with Crippen molar-refractivity contribution in [1.82, 2.24) is 4.90 Å². The minimum Gasteiger partial charge on any atom is -0.342 e. The summed E-state index contributed by atoms with van der Waals surface area (Å²) < 4.78 is 23.8. The summed E-state index contributed by atoms with van der Waals surface area (Å²) in [5, 5.41) is 0. The number of carbonyl (C=O) groups excluding carboxylic acids is 1. The Morgan fingerprint density at radius 3 is 1.79 bits per heavy atom. The quantitative estimate of drug-likeness (QED) is 0.706. The second-order valence-corrected chi connectivity index (χ2v) is 7.83. The lowest BCUT2D eigenvalue weighted by Gasteiger charge is -2.29. The third kappa shape index (κ3) is 4.59. The molecule has 0 aliphatic carbocycles. The van der Waals surface area contributed by atoms with Gasteiger partial charge in [-0.2, -0.15) is 0 Å². The zero-order chi connectivity index (χ0) is 14.6. The minimum absolute atomic E-state index is 0.123. The zero-order valence-corrected chi connectivity index (χ0v) is 13.5. The van der Waals surface area contributed by atoms with Crippen molar-refractivity contribution in [2.75, 3.05) is 13.1 Å². The molecule has 1 heterocycles. The van der Waals surface area contributed by atoms with Crippen LogP contribution in [0.25, 0.3) is 0 Å². The van der Waals surface area contributed by atoms with Crippen molar-refractivity contribution in [1.29, 1.82) is 0 Å². The van der Waals surface area contributed by atoms with Crippen LogP contribution in [-0.4, -0.2) is 41.8 Å². The second-order valence-electron chi connectivity index (χ2n) is 5.56. The smallest absolute Gasteiger partial charge is 0.342 e. The molecule has 1 atom stereocenters. The Morgan fingerprint density at radius 1 is 1.00 bits per heavy atom. The van der Waals surface area contributed by atoms with Crippen LogP contribution in [0.4, 0.5) is 0 Å². The summed E-state index contributed by atoms with van der Waals surface area (Å²) in [4.78, 5) is 14.1. The fraction of sp³-hybridized carbons (Fsp3) is 0.923. The van der Waals surface area contributed by atoms with Gasteiger partial charge in [0, 0.05) is 13.1 Å². The number of hydrogen-bond acceptors (Lipinski definition) is 4. The van der Waals surface area contributed by atoms with E-state index in [1.54, 1.807) is 39.5 Å². The zero-order valence-electron chi connectivity index (χ0n) is 12.6. The van der Waals surface area contributed by atoms with Crippen molar-refractivity contribution in [3.05, 3.63) is 0 Å². The second kappa shape index (κ2) is 6.87. The Labute approximate surface area is 116 Å². The van der Waals surface area contributed by atoms with Crippen LogP contribution >= 0.6 is 7.60 Å². The molecule has 5 nitrogen and oxygen atoms in total. The molecule has 0 aromatic heterocycles. The molecule has 6 heteroatoms. The van der Waals surface area contributed by atoms with Gasteiger partial charge in [0.2, 0.25) is 5.91 Å². The lowest BCUT2D eigenvalue weighted by Crippen LogP contribution is -2.37. The fourth-order valence-electron chi connectivity index (χ4n) is 2.13.